The lowest BCUT2D eigenvalue weighted by molar-refractivity contribution is -0.119. The smallest absolute Gasteiger partial charge is 0.261 e. The van der Waals surface area contributed by atoms with E-state index in [1.54, 1.807) is 18.2 Å². The molecule has 3 heterocycles. The van der Waals surface area contributed by atoms with Crippen molar-refractivity contribution >= 4 is 23.6 Å². The number of fused-ring (bicyclic) bond motifs is 1. The quantitative estimate of drug-likeness (QED) is 0.677. The van der Waals surface area contributed by atoms with Gasteiger partial charge in [0.15, 0.2) is 0 Å². The van der Waals surface area contributed by atoms with E-state index < -0.39 is 11.8 Å². The van der Waals surface area contributed by atoms with Gasteiger partial charge in [-0.2, -0.15) is 0 Å². The van der Waals surface area contributed by atoms with Crippen molar-refractivity contribution < 1.29 is 23.6 Å². The molecule has 0 unspecified atom stereocenters. The highest BCUT2D eigenvalue weighted by Gasteiger charge is 2.36. The zero-order valence-corrected chi connectivity index (χ0v) is 16.3. The molecular weight excluding hydrogens is 388 g/mol. The number of nitrogens with one attached hydrogen (secondary N) is 1. The maximum Gasteiger partial charge on any atom is 0.261 e. The molecule has 1 aromatic carbocycles. The van der Waals surface area contributed by atoms with Crippen LogP contribution in [0.15, 0.2) is 41.0 Å². The molecule has 0 spiro atoms. The highest BCUT2D eigenvalue weighted by atomic mass is 16.3. The number of rotatable bonds is 6. The van der Waals surface area contributed by atoms with Gasteiger partial charge in [-0.05, 0) is 43.2 Å². The van der Waals surface area contributed by atoms with Crippen LogP contribution >= 0.6 is 0 Å². The molecule has 0 atom stereocenters. The van der Waals surface area contributed by atoms with Crippen LogP contribution in [0.1, 0.15) is 49.7 Å². The average molecular weight is 410 g/mol. The molecule has 4 amide bonds. The van der Waals surface area contributed by atoms with E-state index in [0.29, 0.717) is 37.3 Å². The third kappa shape index (κ3) is 3.97. The number of amides is 4. The Labute approximate surface area is 172 Å². The molecule has 9 nitrogen and oxygen atoms in total. The lowest BCUT2D eigenvalue weighted by atomic mass is 10.0. The summed E-state index contributed by atoms with van der Waals surface area (Å²) in [5, 5.41) is 2.97. The Morgan fingerprint density at radius 1 is 1.10 bits per heavy atom. The summed E-state index contributed by atoms with van der Waals surface area (Å²) in [6.07, 6.45) is 2.89. The number of likely N-dealkylation sites (tertiary alicyclic amines) is 1. The summed E-state index contributed by atoms with van der Waals surface area (Å²) in [4.78, 5) is 52.0. The highest BCUT2D eigenvalue weighted by molar-refractivity contribution is 6.22. The van der Waals surface area contributed by atoms with Crippen molar-refractivity contribution in [3.8, 4) is 0 Å². The third-order valence-corrected chi connectivity index (χ3v) is 5.43. The van der Waals surface area contributed by atoms with Crippen molar-refractivity contribution in [3.05, 3.63) is 59.0 Å². The van der Waals surface area contributed by atoms with Crippen LogP contribution in [-0.2, 0) is 11.3 Å². The molecule has 0 saturated carbocycles. The summed E-state index contributed by atoms with van der Waals surface area (Å²) in [7, 11) is 0. The van der Waals surface area contributed by atoms with Crippen LogP contribution in [-0.4, -0.2) is 59.1 Å². The van der Waals surface area contributed by atoms with Crippen LogP contribution in [0.3, 0.4) is 0 Å². The van der Waals surface area contributed by atoms with E-state index in [-0.39, 0.29) is 42.1 Å². The molecule has 2 aliphatic heterocycles. The number of carbonyl (C=O) groups is 4. The first kappa shape index (κ1) is 19.8. The Morgan fingerprint density at radius 3 is 2.50 bits per heavy atom. The van der Waals surface area contributed by atoms with E-state index in [1.807, 2.05) is 4.90 Å². The first-order valence-corrected chi connectivity index (χ1v) is 9.76. The second-order valence-electron chi connectivity index (χ2n) is 7.53. The number of hydrogen-bond donors (Lipinski definition) is 2. The Balaban J connectivity index is 1.41. The second-order valence-corrected chi connectivity index (χ2v) is 7.53. The maximum absolute atomic E-state index is 12.7. The summed E-state index contributed by atoms with van der Waals surface area (Å²) < 4.78 is 5.23. The number of benzene rings is 1. The summed E-state index contributed by atoms with van der Waals surface area (Å²) in [5.41, 5.74) is 6.04. The molecule has 0 aliphatic carbocycles. The molecule has 9 heteroatoms. The molecule has 4 rings (SSSR count). The van der Waals surface area contributed by atoms with E-state index in [0.717, 1.165) is 4.90 Å². The van der Waals surface area contributed by atoms with E-state index in [4.69, 9.17) is 10.2 Å². The Hall–Kier alpha value is -3.46. The largest absolute Gasteiger partial charge is 0.467 e. The van der Waals surface area contributed by atoms with Crippen LogP contribution in [0.5, 0.6) is 0 Å². The number of carbonyl (C=O) groups excluding carboxylic acids is 4. The van der Waals surface area contributed by atoms with Crippen LogP contribution < -0.4 is 11.1 Å². The molecule has 2 aliphatic rings. The van der Waals surface area contributed by atoms with Crippen molar-refractivity contribution in [2.45, 2.75) is 25.4 Å². The van der Waals surface area contributed by atoms with Gasteiger partial charge >= 0.3 is 0 Å². The van der Waals surface area contributed by atoms with Gasteiger partial charge in [0.05, 0.1) is 30.5 Å². The van der Waals surface area contributed by atoms with Crippen molar-refractivity contribution in [2.24, 2.45) is 5.73 Å². The van der Waals surface area contributed by atoms with Crippen LogP contribution in [0.2, 0.25) is 0 Å². The van der Waals surface area contributed by atoms with E-state index in [2.05, 4.69) is 5.32 Å². The lowest BCUT2D eigenvalue weighted by Gasteiger charge is -2.31. The SMILES string of the molecule is NC(=O)CN1CCC(NC(=O)c2ccc3c(c2)C(=O)N(Cc2ccco2)C3=O)CC1. The fraction of sp³-hybridized carbons (Fsp3) is 0.333. The zero-order valence-electron chi connectivity index (χ0n) is 16.3. The second kappa shape index (κ2) is 8.11. The Kier molecular flexibility index (Phi) is 5.37. The van der Waals surface area contributed by atoms with Gasteiger partial charge in [-0.3, -0.25) is 29.0 Å². The standard InChI is InChI=1S/C21H22N4O5/c22-18(26)12-24-7-5-14(6-8-24)23-19(27)13-3-4-16-17(10-13)21(29)25(20(16)28)11-15-2-1-9-30-15/h1-4,9-10,14H,5-8,11-12H2,(H2,22,26)(H,23,27). The van der Waals surface area contributed by atoms with Gasteiger partial charge in [-0.1, -0.05) is 0 Å². The average Bonchev–Trinajstić information content (AvgIpc) is 3.32. The number of furan rings is 1. The van der Waals surface area contributed by atoms with Crippen LogP contribution in [0.4, 0.5) is 0 Å². The van der Waals surface area contributed by atoms with Crippen molar-refractivity contribution in [1.82, 2.24) is 15.1 Å². The van der Waals surface area contributed by atoms with E-state index in [1.165, 1.54) is 18.4 Å². The predicted molar refractivity (Wildman–Crippen MR) is 105 cm³/mol. The molecule has 0 radical (unpaired) electrons. The summed E-state index contributed by atoms with van der Waals surface area (Å²) in [6, 6.07) is 7.89. The molecule has 3 N–H and O–H groups in total. The molecule has 30 heavy (non-hydrogen) atoms. The van der Waals surface area contributed by atoms with Gasteiger partial charge in [-0.15, -0.1) is 0 Å². The Morgan fingerprint density at radius 2 is 1.83 bits per heavy atom. The number of primary amides is 1. The van der Waals surface area contributed by atoms with Gasteiger partial charge in [-0.25, -0.2) is 0 Å². The molecule has 0 bridgehead atoms. The number of piperidine rings is 1. The molecule has 156 valence electrons. The van der Waals surface area contributed by atoms with Gasteiger partial charge < -0.3 is 15.5 Å². The number of imide groups is 1. The molecular formula is C21H22N4O5. The maximum atomic E-state index is 12.7. The normalized spacial score (nSPS) is 17.3. The van der Waals surface area contributed by atoms with Crippen LogP contribution in [0, 0.1) is 0 Å². The topological polar surface area (TPSA) is 126 Å². The minimum atomic E-state index is -0.444. The van der Waals surface area contributed by atoms with Crippen LogP contribution in [0.25, 0.3) is 0 Å². The fourth-order valence-corrected chi connectivity index (χ4v) is 3.86. The van der Waals surface area contributed by atoms with Gasteiger partial charge in [0.2, 0.25) is 5.91 Å². The van der Waals surface area contributed by atoms with Gasteiger partial charge in [0.25, 0.3) is 17.7 Å². The molecule has 2 aromatic rings. The number of hydrogen-bond acceptors (Lipinski definition) is 6. The number of nitrogens with two attached hydrogens (primary N) is 1. The lowest BCUT2D eigenvalue weighted by Crippen LogP contribution is -2.46. The monoisotopic (exact) mass is 410 g/mol. The van der Waals surface area contributed by atoms with Crippen molar-refractivity contribution in [2.75, 3.05) is 19.6 Å². The predicted octanol–water partition coefficient (Wildman–Crippen LogP) is 0.755. The minimum absolute atomic E-state index is 0.0253. The zero-order chi connectivity index (χ0) is 21.3. The first-order chi connectivity index (χ1) is 14.4. The summed E-state index contributed by atoms with van der Waals surface area (Å²) in [6.45, 7) is 1.61. The van der Waals surface area contributed by atoms with Crippen molar-refractivity contribution in [3.63, 3.8) is 0 Å². The van der Waals surface area contributed by atoms with E-state index >= 15 is 0 Å². The Bertz CT molecular complexity index is 993. The minimum Gasteiger partial charge on any atom is -0.467 e. The molecule has 1 fully saturated rings. The number of nitrogens with zero attached hydrogens (tertiary/aromatic N) is 2. The van der Waals surface area contributed by atoms with Gasteiger partial charge in [0.1, 0.15) is 5.76 Å². The highest BCUT2D eigenvalue weighted by Crippen LogP contribution is 2.26. The molecule has 1 saturated heterocycles. The van der Waals surface area contributed by atoms with E-state index in [9.17, 15) is 19.2 Å². The fourth-order valence-electron chi connectivity index (χ4n) is 3.86. The summed E-state index contributed by atoms with van der Waals surface area (Å²) in [5.74, 6) is -1.00. The first-order valence-electron chi connectivity index (χ1n) is 9.76. The van der Waals surface area contributed by atoms with Crippen molar-refractivity contribution in [1.29, 1.82) is 0 Å². The molecule has 1 aromatic heterocycles. The third-order valence-electron chi connectivity index (χ3n) is 5.43. The summed E-state index contributed by atoms with van der Waals surface area (Å²) >= 11 is 0. The van der Waals surface area contributed by atoms with Gasteiger partial charge in [0, 0.05) is 24.7 Å².